The Labute approximate surface area is 102 Å². The van der Waals surface area contributed by atoms with Crippen LogP contribution in [-0.2, 0) is 5.88 Å². The van der Waals surface area contributed by atoms with Gasteiger partial charge < -0.3 is 14.0 Å². The third-order valence-electron chi connectivity index (χ3n) is 2.38. The van der Waals surface area contributed by atoms with Gasteiger partial charge in [0.05, 0.1) is 0 Å². The van der Waals surface area contributed by atoms with Crippen LogP contribution in [-0.4, -0.2) is 23.4 Å². The van der Waals surface area contributed by atoms with Crippen molar-refractivity contribution in [2.45, 2.75) is 5.88 Å². The van der Waals surface area contributed by atoms with Crippen molar-refractivity contribution in [3.63, 3.8) is 0 Å². The lowest BCUT2D eigenvalue weighted by atomic mass is 10.2. The lowest BCUT2D eigenvalue weighted by Gasteiger charge is -2.18. The Bertz CT molecular complexity index is 541. The zero-order valence-corrected chi connectivity index (χ0v) is 9.61. The van der Waals surface area contributed by atoms with E-state index in [2.05, 4.69) is 10.1 Å². The van der Waals surface area contributed by atoms with E-state index >= 15 is 0 Å². The van der Waals surface area contributed by atoms with Crippen molar-refractivity contribution < 1.29 is 14.0 Å². The average molecular weight is 253 g/mol. The number of rotatable bonds is 2. The third kappa shape index (κ3) is 1.93. The molecule has 0 atom stereocenters. The first kappa shape index (κ1) is 10.4. The van der Waals surface area contributed by atoms with Gasteiger partial charge in [-0.2, -0.15) is 4.98 Å². The van der Waals surface area contributed by atoms with Crippen LogP contribution in [0.3, 0.4) is 0 Å². The van der Waals surface area contributed by atoms with Gasteiger partial charge in [0, 0.05) is 5.56 Å². The molecule has 1 aliphatic heterocycles. The highest BCUT2D eigenvalue weighted by Gasteiger charge is 2.14. The van der Waals surface area contributed by atoms with Crippen molar-refractivity contribution in [3.05, 3.63) is 24.1 Å². The summed E-state index contributed by atoms with van der Waals surface area (Å²) in [6.45, 7) is 1.13. The zero-order chi connectivity index (χ0) is 11.7. The van der Waals surface area contributed by atoms with E-state index in [1.165, 1.54) is 0 Å². The molecule has 0 unspecified atom stereocenters. The van der Waals surface area contributed by atoms with Gasteiger partial charge in [-0.05, 0) is 18.2 Å². The van der Waals surface area contributed by atoms with Gasteiger partial charge in [-0.1, -0.05) is 5.16 Å². The number of ether oxygens (including phenoxy) is 2. The molecule has 1 aliphatic rings. The van der Waals surface area contributed by atoms with Gasteiger partial charge in [0.1, 0.15) is 19.1 Å². The monoisotopic (exact) mass is 252 g/mol. The Morgan fingerprint density at radius 1 is 1.18 bits per heavy atom. The number of alkyl halides is 1. The molecule has 2 heterocycles. The molecule has 6 heteroatoms. The number of benzene rings is 1. The maximum absolute atomic E-state index is 5.60. The summed E-state index contributed by atoms with van der Waals surface area (Å²) in [4.78, 5) is 4.14. The topological polar surface area (TPSA) is 57.4 Å². The van der Waals surface area contributed by atoms with Gasteiger partial charge in [-0.15, -0.1) is 11.6 Å². The van der Waals surface area contributed by atoms with Gasteiger partial charge in [-0.3, -0.25) is 0 Å². The van der Waals surface area contributed by atoms with Crippen LogP contribution in [0.4, 0.5) is 0 Å². The molecule has 1 aromatic heterocycles. The smallest absolute Gasteiger partial charge is 0.241 e. The molecule has 0 fully saturated rings. The summed E-state index contributed by atoms with van der Waals surface area (Å²) in [6.07, 6.45) is 0. The molecular formula is C11H9ClN2O3. The molecule has 2 aromatic rings. The van der Waals surface area contributed by atoms with E-state index in [0.717, 1.165) is 11.3 Å². The molecule has 0 saturated carbocycles. The van der Waals surface area contributed by atoms with E-state index in [-0.39, 0.29) is 5.88 Å². The summed E-state index contributed by atoms with van der Waals surface area (Å²) >= 11 is 5.60. The SMILES string of the molecule is ClCc1nc(-c2ccc3c(c2)OCCO3)no1. The van der Waals surface area contributed by atoms with Crippen molar-refractivity contribution in [3.8, 4) is 22.9 Å². The van der Waals surface area contributed by atoms with Crippen LogP contribution in [0, 0.1) is 0 Å². The first-order valence-electron chi connectivity index (χ1n) is 5.15. The molecule has 5 nitrogen and oxygen atoms in total. The second-order valence-corrected chi connectivity index (χ2v) is 3.77. The largest absolute Gasteiger partial charge is 0.486 e. The van der Waals surface area contributed by atoms with E-state index < -0.39 is 0 Å². The zero-order valence-electron chi connectivity index (χ0n) is 8.85. The van der Waals surface area contributed by atoms with E-state index in [1.54, 1.807) is 0 Å². The number of halogens is 1. The van der Waals surface area contributed by atoms with Crippen molar-refractivity contribution in [2.75, 3.05) is 13.2 Å². The predicted octanol–water partition coefficient (Wildman–Crippen LogP) is 2.25. The number of hydrogen-bond acceptors (Lipinski definition) is 5. The second kappa shape index (κ2) is 4.25. The van der Waals surface area contributed by atoms with E-state index in [0.29, 0.717) is 30.7 Å². The van der Waals surface area contributed by atoms with Gasteiger partial charge in [0.2, 0.25) is 11.7 Å². The summed E-state index contributed by atoms with van der Waals surface area (Å²) in [5.74, 6) is 2.54. The number of hydrogen-bond donors (Lipinski definition) is 0. The number of fused-ring (bicyclic) bond motifs is 1. The number of aromatic nitrogens is 2. The molecule has 0 spiro atoms. The fraction of sp³-hybridized carbons (Fsp3) is 0.273. The Morgan fingerprint density at radius 3 is 2.76 bits per heavy atom. The first-order valence-corrected chi connectivity index (χ1v) is 5.69. The molecule has 0 saturated heterocycles. The van der Waals surface area contributed by atoms with E-state index in [4.69, 9.17) is 25.6 Å². The van der Waals surface area contributed by atoms with E-state index in [1.807, 2.05) is 18.2 Å². The maximum Gasteiger partial charge on any atom is 0.241 e. The average Bonchev–Trinajstić information content (AvgIpc) is 2.87. The van der Waals surface area contributed by atoms with Gasteiger partial charge in [-0.25, -0.2) is 0 Å². The fourth-order valence-corrected chi connectivity index (χ4v) is 1.72. The predicted molar refractivity (Wildman–Crippen MR) is 60.3 cm³/mol. The van der Waals surface area contributed by atoms with Crippen molar-refractivity contribution >= 4 is 11.6 Å². The highest BCUT2D eigenvalue weighted by atomic mass is 35.5. The van der Waals surface area contributed by atoms with Crippen LogP contribution in [0.15, 0.2) is 22.7 Å². The minimum absolute atomic E-state index is 0.206. The third-order valence-corrected chi connectivity index (χ3v) is 2.61. The van der Waals surface area contributed by atoms with Crippen LogP contribution >= 0.6 is 11.6 Å². The molecular weight excluding hydrogens is 244 g/mol. The van der Waals surface area contributed by atoms with Crippen LogP contribution in [0.1, 0.15) is 5.89 Å². The Hall–Kier alpha value is -1.75. The summed E-state index contributed by atoms with van der Waals surface area (Å²) in [5.41, 5.74) is 0.814. The fourth-order valence-electron chi connectivity index (χ4n) is 1.61. The van der Waals surface area contributed by atoms with Gasteiger partial charge >= 0.3 is 0 Å². The van der Waals surface area contributed by atoms with Crippen molar-refractivity contribution in [1.29, 1.82) is 0 Å². The first-order chi connectivity index (χ1) is 8.36. The molecule has 17 heavy (non-hydrogen) atoms. The molecule has 0 amide bonds. The lowest BCUT2D eigenvalue weighted by molar-refractivity contribution is 0.171. The maximum atomic E-state index is 5.60. The summed E-state index contributed by atoms with van der Waals surface area (Å²) in [5, 5.41) is 3.84. The Kier molecular flexibility index (Phi) is 2.60. The molecule has 1 aromatic carbocycles. The van der Waals surface area contributed by atoms with Crippen LogP contribution in [0.5, 0.6) is 11.5 Å². The number of nitrogens with zero attached hydrogens (tertiary/aromatic N) is 2. The normalized spacial score (nSPS) is 13.7. The molecule has 0 radical (unpaired) electrons. The highest BCUT2D eigenvalue weighted by molar-refractivity contribution is 6.16. The van der Waals surface area contributed by atoms with E-state index in [9.17, 15) is 0 Å². The quantitative estimate of drug-likeness (QED) is 0.768. The second-order valence-electron chi connectivity index (χ2n) is 3.50. The highest BCUT2D eigenvalue weighted by Crippen LogP contribution is 2.33. The van der Waals surface area contributed by atoms with Crippen LogP contribution in [0.2, 0.25) is 0 Å². The van der Waals surface area contributed by atoms with Gasteiger partial charge in [0.25, 0.3) is 0 Å². The minimum Gasteiger partial charge on any atom is -0.486 e. The summed E-state index contributed by atoms with van der Waals surface area (Å²) in [7, 11) is 0. The minimum atomic E-state index is 0.206. The summed E-state index contributed by atoms with van der Waals surface area (Å²) < 4.78 is 15.9. The molecule has 0 N–H and O–H groups in total. The summed E-state index contributed by atoms with van der Waals surface area (Å²) in [6, 6.07) is 5.52. The molecule has 0 bridgehead atoms. The Balaban J connectivity index is 1.97. The standard InChI is InChI=1S/C11H9ClN2O3/c12-6-10-13-11(14-17-10)7-1-2-8-9(5-7)16-4-3-15-8/h1-2,5H,3-4,6H2. The van der Waals surface area contributed by atoms with Crippen molar-refractivity contribution in [1.82, 2.24) is 10.1 Å². The van der Waals surface area contributed by atoms with Crippen molar-refractivity contribution in [2.24, 2.45) is 0 Å². The van der Waals surface area contributed by atoms with Crippen LogP contribution in [0.25, 0.3) is 11.4 Å². The molecule has 3 rings (SSSR count). The molecule has 0 aliphatic carbocycles. The van der Waals surface area contributed by atoms with Crippen LogP contribution < -0.4 is 9.47 Å². The lowest BCUT2D eigenvalue weighted by Crippen LogP contribution is -2.15. The molecule has 88 valence electrons. The Morgan fingerprint density at radius 2 is 2.00 bits per heavy atom. The van der Waals surface area contributed by atoms with Gasteiger partial charge in [0.15, 0.2) is 11.5 Å².